The fraction of sp³-hybridized carbons (Fsp3) is 0.778. The second-order valence-electron chi connectivity index (χ2n) is 3.12. The number of alkyl halides is 1. The summed E-state index contributed by atoms with van der Waals surface area (Å²) >= 11 is 5.83. The SMILES string of the molecule is C=CC(C)C(O)C(C)C(C)Cl. The molecule has 0 aliphatic carbocycles. The molecule has 11 heavy (non-hydrogen) atoms. The van der Waals surface area contributed by atoms with Gasteiger partial charge in [-0.3, -0.25) is 0 Å². The molecule has 0 fully saturated rings. The van der Waals surface area contributed by atoms with Crippen LogP contribution in [-0.4, -0.2) is 16.6 Å². The zero-order chi connectivity index (χ0) is 9.02. The van der Waals surface area contributed by atoms with Crippen LogP contribution in [-0.2, 0) is 0 Å². The predicted octanol–water partition coefficient (Wildman–Crippen LogP) is 2.43. The quantitative estimate of drug-likeness (QED) is 0.516. The van der Waals surface area contributed by atoms with Gasteiger partial charge in [-0.2, -0.15) is 0 Å². The van der Waals surface area contributed by atoms with Crippen molar-refractivity contribution < 1.29 is 5.11 Å². The van der Waals surface area contributed by atoms with Gasteiger partial charge >= 0.3 is 0 Å². The molecule has 0 saturated heterocycles. The molecular formula is C9H17ClO. The van der Waals surface area contributed by atoms with E-state index >= 15 is 0 Å². The third kappa shape index (κ3) is 3.26. The lowest BCUT2D eigenvalue weighted by Gasteiger charge is -2.24. The van der Waals surface area contributed by atoms with E-state index in [-0.39, 0.29) is 23.3 Å². The lowest BCUT2D eigenvalue weighted by Crippen LogP contribution is -2.29. The van der Waals surface area contributed by atoms with Gasteiger partial charge in [0.05, 0.1) is 6.10 Å². The van der Waals surface area contributed by atoms with Crippen molar-refractivity contribution in [2.75, 3.05) is 0 Å². The normalized spacial score (nSPS) is 21.9. The molecule has 1 N–H and O–H groups in total. The Balaban J connectivity index is 4.00. The second-order valence-corrected chi connectivity index (χ2v) is 3.81. The van der Waals surface area contributed by atoms with Gasteiger partial charge in [-0.05, 0) is 18.8 Å². The number of aliphatic hydroxyl groups excluding tert-OH is 1. The van der Waals surface area contributed by atoms with E-state index in [2.05, 4.69) is 6.58 Å². The zero-order valence-corrected chi connectivity index (χ0v) is 8.17. The summed E-state index contributed by atoms with van der Waals surface area (Å²) in [4.78, 5) is 0. The van der Waals surface area contributed by atoms with Crippen molar-refractivity contribution >= 4 is 11.6 Å². The first-order valence-electron chi connectivity index (χ1n) is 3.95. The van der Waals surface area contributed by atoms with E-state index in [0.29, 0.717) is 0 Å². The Kier molecular flexibility index (Phi) is 4.78. The summed E-state index contributed by atoms with van der Waals surface area (Å²) in [5.74, 6) is 0.232. The Morgan fingerprint density at radius 1 is 1.36 bits per heavy atom. The fourth-order valence-corrected chi connectivity index (χ4v) is 1.04. The molecule has 2 heteroatoms. The number of halogens is 1. The minimum absolute atomic E-state index is 0.00685. The zero-order valence-electron chi connectivity index (χ0n) is 7.42. The van der Waals surface area contributed by atoms with Crippen molar-refractivity contribution in [3.05, 3.63) is 12.7 Å². The molecule has 0 aromatic rings. The minimum Gasteiger partial charge on any atom is -0.392 e. The van der Waals surface area contributed by atoms with Crippen molar-refractivity contribution in [1.29, 1.82) is 0 Å². The summed E-state index contributed by atoms with van der Waals surface area (Å²) in [6.07, 6.45) is 1.38. The summed E-state index contributed by atoms with van der Waals surface area (Å²) in [6.45, 7) is 9.40. The number of hydrogen-bond donors (Lipinski definition) is 1. The molecule has 0 aliphatic rings. The van der Waals surface area contributed by atoms with Crippen LogP contribution in [0.3, 0.4) is 0 Å². The molecule has 0 bridgehead atoms. The lowest BCUT2D eigenvalue weighted by atomic mass is 9.91. The smallest absolute Gasteiger partial charge is 0.0639 e. The van der Waals surface area contributed by atoms with Crippen molar-refractivity contribution in [2.45, 2.75) is 32.3 Å². The van der Waals surface area contributed by atoms with E-state index in [1.54, 1.807) is 6.08 Å². The van der Waals surface area contributed by atoms with Crippen LogP contribution in [0.25, 0.3) is 0 Å². The van der Waals surface area contributed by atoms with Crippen molar-refractivity contribution in [3.63, 3.8) is 0 Å². The van der Waals surface area contributed by atoms with Gasteiger partial charge in [-0.15, -0.1) is 18.2 Å². The third-order valence-electron chi connectivity index (χ3n) is 2.17. The average molecular weight is 177 g/mol. The van der Waals surface area contributed by atoms with Gasteiger partial charge in [0.15, 0.2) is 0 Å². The van der Waals surface area contributed by atoms with Crippen LogP contribution in [0.4, 0.5) is 0 Å². The van der Waals surface area contributed by atoms with E-state index in [9.17, 15) is 5.11 Å². The van der Waals surface area contributed by atoms with Gasteiger partial charge in [0, 0.05) is 5.38 Å². The molecule has 0 aromatic carbocycles. The third-order valence-corrected chi connectivity index (χ3v) is 2.57. The molecule has 0 heterocycles. The first kappa shape index (κ1) is 11.0. The highest BCUT2D eigenvalue weighted by Crippen LogP contribution is 2.20. The average Bonchev–Trinajstić information content (AvgIpc) is 2.00. The summed E-state index contributed by atoms with van der Waals surface area (Å²) < 4.78 is 0. The largest absolute Gasteiger partial charge is 0.392 e. The molecule has 0 amide bonds. The first-order chi connectivity index (χ1) is 5.00. The molecule has 0 radical (unpaired) electrons. The Morgan fingerprint density at radius 2 is 1.82 bits per heavy atom. The molecule has 0 aromatic heterocycles. The van der Waals surface area contributed by atoms with Crippen molar-refractivity contribution in [3.8, 4) is 0 Å². The van der Waals surface area contributed by atoms with Crippen LogP contribution in [0.15, 0.2) is 12.7 Å². The van der Waals surface area contributed by atoms with Gasteiger partial charge in [0.2, 0.25) is 0 Å². The van der Waals surface area contributed by atoms with Gasteiger partial charge < -0.3 is 5.11 Å². The van der Waals surface area contributed by atoms with E-state index in [0.717, 1.165) is 0 Å². The number of hydrogen-bond acceptors (Lipinski definition) is 1. The van der Waals surface area contributed by atoms with E-state index < -0.39 is 0 Å². The molecule has 0 saturated carbocycles. The minimum atomic E-state index is -0.375. The number of aliphatic hydroxyl groups is 1. The summed E-state index contributed by atoms with van der Waals surface area (Å²) in [7, 11) is 0. The van der Waals surface area contributed by atoms with Crippen LogP contribution < -0.4 is 0 Å². The maximum absolute atomic E-state index is 9.60. The summed E-state index contributed by atoms with van der Waals surface area (Å²) in [6, 6.07) is 0. The van der Waals surface area contributed by atoms with Crippen LogP contribution in [0, 0.1) is 11.8 Å². The van der Waals surface area contributed by atoms with Crippen LogP contribution >= 0.6 is 11.6 Å². The van der Waals surface area contributed by atoms with Crippen molar-refractivity contribution in [1.82, 2.24) is 0 Å². The van der Waals surface area contributed by atoms with Gasteiger partial charge in [0.1, 0.15) is 0 Å². The topological polar surface area (TPSA) is 20.2 Å². The maximum Gasteiger partial charge on any atom is 0.0639 e. The van der Waals surface area contributed by atoms with E-state index in [4.69, 9.17) is 11.6 Å². The Bertz CT molecular complexity index is 123. The van der Waals surface area contributed by atoms with Crippen LogP contribution in [0.5, 0.6) is 0 Å². The number of rotatable bonds is 4. The molecule has 0 spiro atoms. The first-order valence-corrected chi connectivity index (χ1v) is 4.39. The summed E-state index contributed by atoms with van der Waals surface area (Å²) in [5, 5.41) is 9.61. The van der Waals surface area contributed by atoms with Crippen LogP contribution in [0.2, 0.25) is 0 Å². The molecule has 4 unspecified atom stereocenters. The summed E-state index contributed by atoms with van der Waals surface area (Å²) in [5.41, 5.74) is 0. The highest BCUT2D eigenvalue weighted by molar-refractivity contribution is 6.20. The van der Waals surface area contributed by atoms with Gasteiger partial charge in [0.25, 0.3) is 0 Å². The maximum atomic E-state index is 9.60. The predicted molar refractivity (Wildman–Crippen MR) is 49.8 cm³/mol. The lowest BCUT2D eigenvalue weighted by molar-refractivity contribution is 0.0830. The highest BCUT2D eigenvalue weighted by atomic mass is 35.5. The Labute approximate surface area is 74.1 Å². The highest BCUT2D eigenvalue weighted by Gasteiger charge is 2.22. The fourth-order valence-electron chi connectivity index (χ4n) is 0.890. The second kappa shape index (κ2) is 4.78. The molecule has 66 valence electrons. The molecule has 0 aliphatic heterocycles. The molecule has 4 atom stereocenters. The van der Waals surface area contributed by atoms with Gasteiger partial charge in [-0.25, -0.2) is 0 Å². The standard InChI is InChI=1S/C9H17ClO/c1-5-6(2)9(11)7(3)8(4)10/h5-9,11H,1H2,2-4H3. The molecule has 1 nitrogen and oxygen atoms in total. The molecule has 0 rings (SSSR count). The monoisotopic (exact) mass is 176 g/mol. The molecular weight excluding hydrogens is 160 g/mol. The van der Waals surface area contributed by atoms with Crippen molar-refractivity contribution in [2.24, 2.45) is 11.8 Å². The Hall–Kier alpha value is -0.0100. The van der Waals surface area contributed by atoms with Gasteiger partial charge in [-0.1, -0.05) is 19.9 Å². The van der Waals surface area contributed by atoms with Crippen LogP contribution in [0.1, 0.15) is 20.8 Å². The van der Waals surface area contributed by atoms with E-state index in [1.165, 1.54) is 0 Å². The Morgan fingerprint density at radius 3 is 2.09 bits per heavy atom. The van der Waals surface area contributed by atoms with E-state index in [1.807, 2.05) is 20.8 Å².